The summed E-state index contributed by atoms with van der Waals surface area (Å²) in [5, 5.41) is 2.89. The van der Waals surface area contributed by atoms with Gasteiger partial charge in [-0.15, -0.1) is 11.3 Å². The van der Waals surface area contributed by atoms with Crippen molar-refractivity contribution in [2.75, 3.05) is 20.1 Å². The molecule has 0 radical (unpaired) electrons. The molecule has 0 bridgehead atoms. The van der Waals surface area contributed by atoms with Crippen molar-refractivity contribution in [3.8, 4) is 0 Å². The van der Waals surface area contributed by atoms with Gasteiger partial charge in [0.15, 0.2) is 0 Å². The molecule has 1 atom stereocenters. The van der Waals surface area contributed by atoms with E-state index in [-0.39, 0.29) is 17.7 Å². The fraction of sp³-hybridized carbons (Fsp3) is 0.500. The molecule has 1 aliphatic heterocycles. The predicted molar refractivity (Wildman–Crippen MR) is 112 cm³/mol. The average Bonchev–Trinajstić information content (AvgIpc) is 2.92. The van der Waals surface area contributed by atoms with Crippen LogP contribution in [0.25, 0.3) is 0 Å². The van der Waals surface area contributed by atoms with Gasteiger partial charge in [0.25, 0.3) is 0 Å². The molecule has 2 heterocycles. The largest absolute Gasteiger partial charge is 0.342 e. The van der Waals surface area contributed by atoms with Crippen LogP contribution in [-0.2, 0) is 27.0 Å². The number of aryl methyl sites for hydroxylation is 1. The Kier molecular flexibility index (Phi) is 6.85. The van der Waals surface area contributed by atoms with E-state index >= 15 is 0 Å². The van der Waals surface area contributed by atoms with Gasteiger partial charge in [0.05, 0.1) is 22.9 Å². The van der Waals surface area contributed by atoms with Gasteiger partial charge in [-0.3, -0.25) is 4.79 Å². The van der Waals surface area contributed by atoms with Crippen molar-refractivity contribution < 1.29 is 13.2 Å². The second kappa shape index (κ2) is 9.15. The minimum absolute atomic E-state index is 0.00661. The number of carbonyl (C=O) groups is 1. The van der Waals surface area contributed by atoms with Gasteiger partial charge in [-0.05, 0) is 31.7 Å². The lowest BCUT2D eigenvalue weighted by Crippen LogP contribution is -2.39. The van der Waals surface area contributed by atoms with Gasteiger partial charge < -0.3 is 4.90 Å². The molecule has 28 heavy (non-hydrogen) atoms. The zero-order chi connectivity index (χ0) is 20.1. The number of hydrogen-bond acceptors (Lipinski definition) is 5. The van der Waals surface area contributed by atoms with Crippen molar-refractivity contribution in [3.63, 3.8) is 0 Å². The molecule has 1 fully saturated rings. The molecule has 0 saturated carbocycles. The molecule has 1 amide bonds. The van der Waals surface area contributed by atoms with E-state index in [4.69, 9.17) is 0 Å². The number of carbonyl (C=O) groups excluding carboxylic acids is 1. The fourth-order valence-corrected chi connectivity index (χ4v) is 5.66. The summed E-state index contributed by atoms with van der Waals surface area (Å²) in [5.74, 6) is 0.0767. The lowest BCUT2D eigenvalue weighted by molar-refractivity contribution is -0.130. The summed E-state index contributed by atoms with van der Waals surface area (Å²) in [4.78, 5) is 18.8. The number of aromatic nitrogens is 1. The maximum absolute atomic E-state index is 12.8. The van der Waals surface area contributed by atoms with Gasteiger partial charge in [-0.1, -0.05) is 30.3 Å². The first-order valence-electron chi connectivity index (χ1n) is 9.53. The highest BCUT2D eigenvalue weighted by atomic mass is 32.2. The Bertz CT molecular complexity index is 896. The summed E-state index contributed by atoms with van der Waals surface area (Å²) in [6.45, 7) is 3.18. The Hall–Kier alpha value is -1.77. The molecule has 1 saturated heterocycles. The zero-order valence-electron chi connectivity index (χ0n) is 16.4. The van der Waals surface area contributed by atoms with Gasteiger partial charge in [0, 0.05) is 31.6 Å². The van der Waals surface area contributed by atoms with Crippen molar-refractivity contribution in [1.82, 2.24) is 14.2 Å². The minimum atomic E-state index is -3.39. The van der Waals surface area contributed by atoms with Crippen LogP contribution in [0.2, 0.25) is 0 Å². The van der Waals surface area contributed by atoms with Crippen molar-refractivity contribution in [2.24, 2.45) is 0 Å². The third-order valence-electron chi connectivity index (χ3n) is 5.19. The number of thiazole rings is 1. The lowest BCUT2D eigenvalue weighted by atomic mass is 10.1. The van der Waals surface area contributed by atoms with Gasteiger partial charge in [-0.25, -0.2) is 17.7 Å². The quantitative estimate of drug-likeness (QED) is 0.719. The third kappa shape index (κ3) is 5.40. The zero-order valence-corrected chi connectivity index (χ0v) is 18.0. The molecule has 0 unspecified atom stereocenters. The van der Waals surface area contributed by atoms with Crippen LogP contribution in [-0.4, -0.2) is 54.7 Å². The number of amides is 1. The van der Waals surface area contributed by atoms with Gasteiger partial charge in [0.2, 0.25) is 15.9 Å². The van der Waals surface area contributed by atoms with Crippen molar-refractivity contribution >= 4 is 27.3 Å². The molecule has 1 aromatic carbocycles. The minimum Gasteiger partial charge on any atom is -0.342 e. The molecule has 2 aromatic rings. The molecule has 0 spiro atoms. The summed E-state index contributed by atoms with van der Waals surface area (Å²) >= 11 is 1.55. The summed E-state index contributed by atoms with van der Waals surface area (Å²) < 4.78 is 27.1. The standard InChI is InChI=1S/C20H27N3O3S2/c1-16-21-18(14-27-16)13-20(24)23-11-6-9-19(10-12-23)22(2)28(25,26)15-17-7-4-3-5-8-17/h3-5,7-8,14,19H,6,9-13,15H2,1-2H3/t19-/m0/s1. The molecule has 0 aliphatic carbocycles. The summed E-state index contributed by atoms with van der Waals surface area (Å²) in [6, 6.07) is 9.17. The topological polar surface area (TPSA) is 70.6 Å². The number of rotatable bonds is 6. The normalized spacial score (nSPS) is 18.2. The average molecular weight is 422 g/mol. The first-order valence-corrected chi connectivity index (χ1v) is 12.0. The van der Waals surface area contributed by atoms with Gasteiger partial charge in [-0.2, -0.15) is 0 Å². The van der Waals surface area contributed by atoms with Crippen LogP contribution in [0.1, 0.15) is 35.5 Å². The van der Waals surface area contributed by atoms with Crippen LogP contribution < -0.4 is 0 Å². The first-order chi connectivity index (χ1) is 13.3. The number of sulfonamides is 1. The number of likely N-dealkylation sites (tertiary alicyclic amines) is 1. The van der Waals surface area contributed by atoms with E-state index in [1.165, 1.54) is 4.31 Å². The molecule has 0 N–H and O–H groups in total. The second-order valence-corrected chi connectivity index (χ2v) is 10.3. The Morgan fingerprint density at radius 3 is 2.68 bits per heavy atom. The molecular weight excluding hydrogens is 394 g/mol. The summed E-state index contributed by atoms with van der Waals surface area (Å²) in [6.07, 6.45) is 2.55. The smallest absolute Gasteiger partial charge is 0.228 e. The molecule has 6 nitrogen and oxygen atoms in total. The number of nitrogens with zero attached hydrogens (tertiary/aromatic N) is 3. The molecule has 1 aliphatic rings. The molecule has 1 aromatic heterocycles. The lowest BCUT2D eigenvalue weighted by Gasteiger charge is -2.26. The van der Waals surface area contributed by atoms with Crippen LogP contribution in [0, 0.1) is 6.92 Å². The molecule has 8 heteroatoms. The van der Waals surface area contributed by atoms with Crippen LogP contribution in [0.4, 0.5) is 0 Å². The monoisotopic (exact) mass is 421 g/mol. The number of benzene rings is 1. The SMILES string of the molecule is Cc1nc(CC(=O)N2CCC[C@H](N(C)S(=O)(=O)Cc3ccccc3)CC2)cs1. The van der Waals surface area contributed by atoms with Crippen molar-refractivity contribution in [2.45, 2.75) is 44.4 Å². The second-order valence-electron chi connectivity index (χ2n) is 7.26. The van der Waals surface area contributed by atoms with Crippen LogP contribution in [0.3, 0.4) is 0 Å². The van der Waals surface area contributed by atoms with E-state index in [9.17, 15) is 13.2 Å². The van der Waals surface area contributed by atoms with Crippen LogP contribution >= 0.6 is 11.3 Å². The van der Waals surface area contributed by atoms with E-state index in [1.807, 2.05) is 47.5 Å². The molecule has 152 valence electrons. The molecular formula is C20H27N3O3S2. The Balaban J connectivity index is 1.58. The van der Waals surface area contributed by atoms with E-state index in [0.717, 1.165) is 29.1 Å². The highest BCUT2D eigenvalue weighted by Crippen LogP contribution is 2.21. The molecule has 3 rings (SSSR count). The maximum atomic E-state index is 12.8. The summed E-state index contributed by atoms with van der Waals surface area (Å²) in [7, 11) is -1.73. The van der Waals surface area contributed by atoms with E-state index in [0.29, 0.717) is 25.9 Å². The Morgan fingerprint density at radius 2 is 2.00 bits per heavy atom. The third-order valence-corrected chi connectivity index (χ3v) is 7.89. The van der Waals surface area contributed by atoms with Gasteiger partial charge >= 0.3 is 0 Å². The Morgan fingerprint density at radius 1 is 1.25 bits per heavy atom. The maximum Gasteiger partial charge on any atom is 0.228 e. The van der Waals surface area contributed by atoms with E-state index < -0.39 is 10.0 Å². The Labute approximate surface area is 171 Å². The first kappa shape index (κ1) is 21.0. The summed E-state index contributed by atoms with van der Waals surface area (Å²) in [5.41, 5.74) is 1.61. The van der Waals surface area contributed by atoms with Crippen molar-refractivity contribution in [3.05, 3.63) is 52.0 Å². The highest BCUT2D eigenvalue weighted by molar-refractivity contribution is 7.88. The number of hydrogen-bond donors (Lipinski definition) is 0. The van der Waals surface area contributed by atoms with Crippen LogP contribution in [0.15, 0.2) is 35.7 Å². The van der Waals surface area contributed by atoms with E-state index in [2.05, 4.69) is 4.98 Å². The highest BCUT2D eigenvalue weighted by Gasteiger charge is 2.29. The van der Waals surface area contributed by atoms with Crippen LogP contribution in [0.5, 0.6) is 0 Å². The predicted octanol–water partition coefficient (Wildman–Crippen LogP) is 2.84. The van der Waals surface area contributed by atoms with Gasteiger partial charge in [0.1, 0.15) is 0 Å². The fourth-order valence-electron chi connectivity index (χ4n) is 3.56. The van der Waals surface area contributed by atoms with Crippen molar-refractivity contribution in [1.29, 1.82) is 0 Å². The van der Waals surface area contributed by atoms with E-state index in [1.54, 1.807) is 18.4 Å².